The summed E-state index contributed by atoms with van der Waals surface area (Å²) in [5.41, 5.74) is 3.52. The molecule has 0 atom stereocenters. The second-order valence-electron chi connectivity index (χ2n) is 7.94. The van der Waals surface area contributed by atoms with Crippen LogP contribution >= 0.6 is 0 Å². The van der Waals surface area contributed by atoms with Gasteiger partial charge in [0.25, 0.3) is 0 Å². The van der Waals surface area contributed by atoms with Gasteiger partial charge in [-0.25, -0.2) is 12.8 Å². The van der Waals surface area contributed by atoms with E-state index < -0.39 is 15.8 Å². The zero-order valence-electron chi connectivity index (χ0n) is 18.2. The number of para-hydroxylation sites is 1. The van der Waals surface area contributed by atoms with E-state index in [0.29, 0.717) is 17.7 Å². The van der Waals surface area contributed by atoms with E-state index in [0.717, 1.165) is 23.0 Å². The third-order valence-corrected chi connectivity index (χ3v) is 7.67. The third-order valence-electron chi connectivity index (χ3n) is 5.83. The minimum absolute atomic E-state index is 0.0656. The first-order chi connectivity index (χ1) is 15.2. The molecule has 0 saturated heterocycles. The molecule has 0 saturated carbocycles. The van der Waals surface area contributed by atoms with Gasteiger partial charge in [-0.15, -0.1) is 0 Å². The maximum absolute atomic E-state index is 14.0. The number of sulfonamides is 1. The van der Waals surface area contributed by atoms with E-state index in [1.54, 1.807) is 16.5 Å². The summed E-state index contributed by atoms with van der Waals surface area (Å²) in [6.45, 7) is 3.71. The van der Waals surface area contributed by atoms with Gasteiger partial charge >= 0.3 is 0 Å². The van der Waals surface area contributed by atoms with Crippen LogP contribution in [0.5, 0.6) is 0 Å². The molecule has 9 heteroatoms. The second kappa shape index (κ2) is 8.48. The van der Waals surface area contributed by atoms with Crippen LogP contribution in [-0.4, -0.2) is 35.0 Å². The molecule has 0 radical (unpaired) electrons. The van der Waals surface area contributed by atoms with Crippen molar-refractivity contribution < 1.29 is 17.6 Å². The highest BCUT2D eigenvalue weighted by Gasteiger charge is 2.33. The highest BCUT2D eigenvalue weighted by molar-refractivity contribution is 7.89. The van der Waals surface area contributed by atoms with E-state index in [9.17, 15) is 17.6 Å². The fourth-order valence-corrected chi connectivity index (χ4v) is 5.42. The molecule has 168 valence electrons. The molecule has 32 heavy (non-hydrogen) atoms. The summed E-state index contributed by atoms with van der Waals surface area (Å²) in [5, 5.41) is 4.60. The zero-order chi connectivity index (χ0) is 23.0. The second-order valence-corrected chi connectivity index (χ2v) is 9.87. The van der Waals surface area contributed by atoms with Crippen molar-refractivity contribution in [3.63, 3.8) is 0 Å². The van der Waals surface area contributed by atoms with Crippen molar-refractivity contribution in [2.24, 2.45) is 7.05 Å². The Morgan fingerprint density at radius 3 is 2.56 bits per heavy atom. The normalized spacial score (nSPS) is 14.2. The van der Waals surface area contributed by atoms with Crippen LogP contribution in [0.2, 0.25) is 0 Å². The number of aromatic nitrogens is 2. The van der Waals surface area contributed by atoms with Gasteiger partial charge in [-0.05, 0) is 36.8 Å². The number of aryl methyl sites for hydroxylation is 2. The Morgan fingerprint density at radius 2 is 1.91 bits per heavy atom. The number of anilines is 1. The molecule has 0 bridgehead atoms. The van der Waals surface area contributed by atoms with Crippen molar-refractivity contribution in [2.45, 2.75) is 38.3 Å². The van der Waals surface area contributed by atoms with Gasteiger partial charge < -0.3 is 4.90 Å². The lowest BCUT2D eigenvalue weighted by Gasteiger charge is -2.28. The topological polar surface area (TPSA) is 75.5 Å². The maximum atomic E-state index is 14.0. The first-order valence-electron chi connectivity index (χ1n) is 10.3. The highest BCUT2D eigenvalue weighted by Crippen LogP contribution is 2.29. The van der Waals surface area contributed by atoms with Gasteiger partial charge in [0.15, 0.2) is 0 Å². The van der Waals surface area contributed by atoms with Crippen LogP contribution in [-0.2, 0) is 41.4 Å². The Balaban J connectivity index is 1.66. The largest absolute Gasteiger partial charge is 0.307 e. The molecule has 0 N–H and O–H groups in total. The van der Waals surface area contributed by atoms with Gasteiger partial charge in [0.05, 0.1) is 17.1 Å². The zero-order valence-corrected chi connectivity index (χ0v) is 19.1. The van der Waals surface area contributed by atoms with Crippen molar-refractivity contribution in [2.75, 3.05) is 11.4 Å². The molecular formula is C23H25FN4O3S. The van der Waals surface area contributed by atoms with Gasteiger partial charge in [0, 0.05) is 50.4 Å². The molecule has 2 heterocycles. The lowest BCUT2D eigenvalue weighted by atomic mass is 10.1. The van der Waals surface area contributed by atoms with Gasteiger partial charge in [-0.2, -0.15) is 9.40 Å². The Kier molecular flexibility index (Phi) is 5.87. The van der Waals surface area contributed by atoms with Crippen molar-refractivity contribution >= 4 is 21.6 Å². The van der Waals surface area contributed by atoms with Crippen molar-refractivity contribution in [3.8, 4) is 0 Å². The van der Waals surface area contributed by atoms with E-state index in [1.807, 2.05) is 37.4 Å². The first kappa shape index (κ1) is 22.2. The molecule has 7 nitrogen and oxygen atoms in total. The van der Waals surface area contributed by atoms with E-state index in [-0.39, 0.29) is 30.4 Å². The molecule has 1 aromatic heterocycles. The number of hydrogen-bond acceptors (Lipinski definition) is 4. The van der Waals surface area contributed by atoms with E-state index >= 15 is 0 Å². The quantitative estimate of drug-likeness (QED) is 0.591. The smallest absolute Gasteiger partial charge is 0.243 e. The molecule has 0 unspecified atom stereocenters. The maximum Gasteiger partial charge on any atom is 0.243 e. The molecule has 0 fully saturated rings. The van der Waals surface area contributed by atoms with Crippen LogP contribution in [0.3, 0.4) is 0 Å². The van der Waals surface area contributed by atoms with Crippen LogP contribution in [0.15, 0.2) is 53.4 Å². The molecule has 0 aliphatic carbocycles. The Morgan fingerprint density at radius 1 is 1.19 bits per heavy atom. The minimum atomic E-state index is -3.87. The number of carbonyl (C=O) groups excluding carboxylic acids is 1. The van der Waals surface area contributed by atoms with Crippen LogP contribution in [0.1, 0.15) is 29.4 Å². The summed E-state index contributed by atoms with van der Waals surface area (Å²) >= 11 is 0. The van der Waals surface area contributed by atoms with Gasteiger partial charge in [0.1, 0.15) is 5.82 Å². The van der Waals surface area contributed by atoms with Crippen LogP contribution in [0, 0.1) is 12.7 Å². The van der Waals surface area contributed by atoms with Gasteiger partial charge in [0.2, 0.25) is 15.9 Å². The number of nitrogens with zero attached hydrogens (tertiary/aromatic N) is 4. The molecule has 4 rings (SSSR count). The van der Waals surface area contributed by atoms with Gasteiger partial charge in [-0.1, -0.05) is 24.3 Å². The molecule has 2 aromatic carbocycles. The fraction of sp³-hybridized carbons (Fsp3) is 0.304. The lowest BCUT2D eigenvalue weighted by molar-refractivity contribution is -0.116. The van der Waals surface area contributed by atoms with E-state index in [2.05, 4.69) is 5.10 Å². The monoisotopic (exact) mass is 456 g/mol. The first-order valence-corrected chi connectivity index (χ1v) is 11.8. The van der Waals surface area contributed by atoms with E-state index in [4.69, 9.17) is 0 Å². The lowest BCUT2D eigenvalue weighted by Crippen LogP contribution is -2.37. The molecule has 3 aromatic rings. The number of halogens is 1. The number of hydrogen-bond donors (Lipinski definition) is 0. The fourth-order valence-electron chi connectivity index (χ4n) is 4.00. The Labute approximate surface area is 187 Å². The van der Waals surface area contributed by atoms with Crippen molar-refractivity contribution in [1.82, 2.24) is 14.1 Å². The number of carbonyl (C=O) groups is 1. The summed E-state index contributed by atoms with van der Waals surface area (Å²) in [7, 11) is -2.05. The van der Waals surface area contributed by atoms with Crippen LogP contribution < -0.4 is 4.90 Å². The number of fused-ring (bicyclic) bond motifs is 1. The summed E-state index contributed by atoms with van der Waals surface area (Å²) in [5.74, 6) is -0.683. The predicted octanol–water partition coefficient (Wildman–Crippen LogP) is 3.17. The summed E-state index contributed by atoms with van der Waals surface area (Å²) < 4.78 is 43.5. The van der Waals surface area contributed by atoms with Crippen molar-refractivity contribution in [3.05, 3.63) is 76.9 Å². The highest BCUT2D eigenvalue weighted by atomic mass is 32.2. The predicted molar refractivity (Wildman–Crippen MR) is 119 cm³/mol. The molecule has 1 aliphatic heterocycles. The number of benzene rings is 2. The van der Waals surface area contributed by atoms with E-state index in [1.165, 1.54) is 23.4 Å². The third kappa shape index (κ3) is 4.05. The minimum Gasteiger partial charge on any atom is -0.307 e. The SMILES string of the molecule is CC(=O)N(Cc1nn(C)c2c1CN(S(=O)(=O)c1ccc(C)c(F)c1)CC2)c1ccccc1. The molecule has 1 amide bonds. The molecule has 0 spiro atoms. The molecule has 1 aliphatic rings. The average molecular weight is 457 g/mol. The average Bonchev–Trinajstić information content (AvgIpc) is 3.09. The number of amides is 1. The van der Waals surface area contributed by atoms with Crippen molar-refractivity contribution in [1.29, 1.82) is 0 Å². The Hall–Kier alpha value is -3.04. The Bertz CT molecular complexity index is 1270. The van der Waals surface area contributed by atoms with Crippen LogP contribution in [0.25, 0.3) is 0 Å². The summed E-state index contributed by atoms with van der Waals surface area (Å²) in [4.78, 5) is 13.9. The van der Waals surface area contributed by atoms with Crippen LogP contribution in [0.4, 0.5) is 10.1 Å². The summed E-state index contributed by atoms with van der Waals surface area (Å²) in [6, 6.07) is 13.2. The standard InChI is InChI=1S/C23H25FN4O3S/c1-16-9-10-19(13-21(16)24)32(30,31)27-12-11-23-20(14-27)22(25-26(23)3)15-28(17(2)29)18-7-5-4-6-8-18/h4-10,13H,11-12,14-15H2,1-3H3. The molecular weight excluding hydrogens is 431 g/mol. The number of rotatable bonds is 5. The summed E-state index contributed by atoms with van der Waals surface area (Å²) in [6.07, 6.45) is 0.484. The van der Waals surface area contributed by atoms with Gasteiger partial charge in [-0.3, -0.25) is 9.48 Å².